The molecule has 0 aliphatic carbocycles. The van der Waals surface area contributed by atoms with E-state index in [0.717, 1.165) is 6.42 Å². The van der Waals surface area contributed by atoms with Gasteiger partial charge in [0.15, 0.2) is 6.04 Å². The van der Waals surface area contributed by atoms with Gasteiger partial charge in [-0.05, 0) is 23.1 Å². The Morgan fingerprint density at radius 3 is 2.83 bits per heavy atom. The Hall–Kier alpha value is -2.17. The summed E-state index contributed by atoms with van der Waals surface area (Å²) >= 11 is 0. The van der Waals surface area contributed by atoms with Crippen LogP contribution in [0.15, 0.2) is 46.0 Å². The first kappa shape index (κ1) is 12.3. The fraction of sp³-hybridized carbons (Fsp3) is 0.308. The Bertz CT molecular complexity index is 530. The minimum Gasteiger partial charge on any atom is -0.862 e. The lowest BCUT2D eigenvalue weighted by molar-refractivity contribution is -0.782. The lowest BCUT2D eigenvalue weighted by Crippen LogP contribution is -2.39. The summed E-state index contributed by atoms with van der Waals surface area (Å²) in [6.07, 6.45) is 2.48. The SMILES string of the molecule is CC([O-])=Nc1c[n+](C(C)Cc2ccccc2)no1. The van der Waals surface area contributed by atoms with E-state index >= 15 is 0 Å². The highest BCUT2D eigenvalue weighted by molar-refractivity contribution is 5.70. The molecule has 94 valence electrons. The highest BCUT2D eigenvalue weighted by Crippen LogP contribution is 2.11. The molecule has 0 bridgehead atoms. The van der Waals surface area contributed by atoms with Gasteiger partial charge in [-0.15, -0.1) is 0 Å². The van der Waals surface area contributed by atoms with Crippen molar-refractivity contribution in [2.45, 2.75) is 26.3 Å². The molecule has 1 heterocycles. The monoisotopic (exact) mass is 245 g/mol. The maximum atomic E-state index is 10.8. The summed E-state index contributed by atoms with van der Waals surface area (Å²) in [6, 6.07) is 10.3. The molecule has 0 saturated carbocycles. The molecule has 1 atom stereocenters. The largest absolute Gasteiger partial charge is 0.862 e. The second-order valence-corrected chi connectivity index (χ2v) is 4.19. The zero-order valence-corrected chi connectivity index (χ0v) is 10.4. The third kappa shape index (κ3) is 3.16. The number of hydrogen-bond acceptors (Lipinski definition) is 4. The van der Waals surface area contributed by atoms with E-state index in [9.17, 15) is 5.11 Å². The molecule has 1 aromatic carbocycles. The van der Waals surface area contributed by atoms with Crippen LogP contribution in [-0.2, 0) is 6.42 Å². The molecule has 2 rings (SSSR count). The molecule has 0 N–H and O–H groups in total. The number of hydrogen-bond donors (Lipinski definition) is 0. The minimum atomic E-state index is -0.297. The van der Waals surface area contributed by atoms with Crippen molar-refractivity contribution in [2.24, 2.45) is 4.99 Å². The fourth-order valence-electron chi connectivity index (χ4n) is 1.71. The van der Waals surface area contributed by atoms with Gasteiger partial charge < -0.3 is 5.11 Å². The van der Waals surface area contributed by atoms with Crippen molar-refractivity contribution in [1.82, 2.24) is 5.27 Å². The van der Waals surface area contributed by atoms with E-state index in [-0.39, 0.29) is 17.8 Å². The first-order valence-corrected chi connectivity index (χ1v) is 5.79. The van der Waals surface area contributed by atoms with Crippen LogP contribution in [0.3, 0.4) is 0 Å². The third-order valence-corrected chi connectivity index (χ3v) is 2.56. The number of nitrogens with zero attached hydrogens (tertiary/aromatic N) is 3. The van der Waals surface area contributed by atoms with Gasteiger partial charge in [-0.25, -0.2) is 4.99 Å². The lowest BCUT2D eigenvalue weighted by Gasteiger charge is -2.01. The first-order chi connectivity index (χ1) is 8.65. The number of rotatable bonds is 4. The number of aromatic nitrogens is 2. The van der Waals surface area contributed by atoms with Crippen molar-refractivity contribution in [3.8, 4) is 0 Å². The van der Waals surface area contributed by atoms with Gasteiger partial charge >= 0.3 is 5.88 Å². The van der Waals surface area contributed by atoms with Gasteiger partial charge in [-0.1, -0.05) is 30.3 Å². The average Bonchev–Trinajstić information content (AvgIpc) is 2.78. The molecular formula is C13H15N3O2. The van der Waals surface area contributed by atoms with Gasteiger partial charge in [-0.2, -0.15) is 0 Å². The average molecular weight is 245 g/mol. The molecule has 0 spiro atoms. The van der Waals surface area contributed by atoms with Crippen LogP contribution >= 0.6 is 0 Å². The number of benzene rings is 1. The van der Waals surface area contributed by atoms with Crippen LogP contribution in [0.5, 0.6) is 0 Å². The molecule has 1 aromatic heterocycles. The summed E-state index contributed by atoms with van der Waals surface area (Å²) in [5.74, 6) is -0.0589. The molecule has 0 radical (unpaired) electrons. The van der Waals surface area contributed by atoms with Gasteiger partial charge in [0.25, 0.3) is 6.20 Å². The summed E-state index contributed by atoms with van der Waals surface area (Å²) in [6.45, 7) is 3.41. The molecule has 0 amide bonds. The van der Waals surface area contributed by atoms with Gasteiger partial charge in [0.1, 0.15) is 0 Å². The molecule has 0 saturated heterocycles. The van der Waals surface area contributed by atoms with E-state index in [1.807, 2.05) is 25.1 Å². The smallest absolute Gasteiger partial charge is 0.320 e. The van der Waals surface area contributed by atoms with Gasteiger partial charge in [0.05, 0.1) is 0 Å². The van der Waals surface area contributed by atoms with Crippen LogP contribution in [-0.4, -0.2) is 11.2 Å². The van der Waals surface area contributed by atoms with Gasteiger partial charge in [0.2, 0.25) is 5.27 Å². The highest BCUT2D eigenvalue weighted by atomic mass is 16.5. The molecule has 0 fully saturated rings. The maximum Gasteiger partial charge on any atom is 0.320 e. The Morgan fingerprint density at radius 2 is 2.17 bits per heavy atom. The Kier molecular flexibility index (Phi) is 3.72. The molecule has 0 aliphatic heterocycles. The van der Waals surface area contributed by atoms with Crippen LogP contribution in [0.25, 0.3) is 0 Å². The van der Waals surface area contributed by atoms with Crippen LogP contribution in [0.2, 0.25) is 0 Å². The van der Waals surface area contributed by atoms with Crippen LogP contribution < -0.4 is 9.79 Å². The topological polar surface area (TPSA) is 65.3 Å². The lowest BCUT2D eigenvalue weighted by atomic mass is 10.1. The molecule has 2 aromatic rings. The Labute approximate surface area is 105 Å². The normalized spacial score (nSPS) is 13.6. The second-order valence-electron chi connectivity index (χ2n) is 4.19. The molecular weight excluding hydrogens is 230 g/mol. The van der Waals surface area contributed by atoms with E-state index in [0.29, 0.717) is 0 Å². The van der Waals surface area contributed by atoms with Crippen LogP contribution in [0.1, 0.15) is 25.5 Å². The second kappa shape index (κ2) is 5.44. The summed E-state index contributed by atoms with van der Waals surface area (Å²) < 4.78 is 6.64. The third-order valence-electron chi connectivity index (χ3n) is 2.56. The van der Waals surface area contributed by atoms with Gasteiger partial charge in [-0.3, -0.25) is 4.52 Å². The zero-order chi connectivity index (χ0) is 13.0. The van der Waals surface area contributed by atoms with E-state index in [1.165, 1.54) is 12.5 Å². The Balaban J connectivity index is 2.07. The quantitative estimate of drug-likeness (QED) is 0.461. The highest BCUT2D eigenvalue weighted by Gasteiger charge is 2.19. The maximum absolute atomic E-state index is 10.8. The van der Waals surface area contributed by atoms with E-state index in [1.54, 1.807) is 10.9 Å². The van der Waals surface area contributed by atoms with Gasteiger partial charge in [0, 0.05) is 13.3 Å². The zero-order valence-electron chi connectivity index (χ0n) is 10.4. The predicted molar refractivity (Wildman–Crippen MR) is 64.3 cm³/mol. The van der Waals surface area contributed by atoms with Crippen molar-refractivity contribution < 1.29 is 14.3 Å². The minimum absolute atomic E-state index is 0.145. The van der Waals surface area contributed by atoms with Crippen molar-refractivity contribution in [2.75, 3.05) is 0 Å². The summed E-state index contributed by atoms with van der Waals surface area (Å²) in [5, 5.41) is 14.7. The van der Waals surface area contributed by atoms with Crippen molar-refractivity contribution in [3.05, 3.63) is 42.1 Å². The Morgan fingerprint density at radius 1 is 1.44 bits per heavy atom. The van der Waals surface area contributed by atoms with E-state index in [2.05, 4.69) is 22.4 Å². The van der Waals surface area contributed by atoms with Crippen molar-refractivity contribution in [1.29, 1.82) is 0 Å². The van der Waals surface area contributed by atoms with Crippen LogP contribution in [0, 0.1) is 0 Å². The van der Waals surface area contributed by atoms with E-state index < -0.39 is 0 Å². The van der Waals surface area contributed by atoms with Crippen molar-refractivity contribution >= 4 is 11.8 Å². The number of aliphatic imine (C=N–C) groups is 1. The molecule has 18 heavy (non-hydrogen) atoms. The standard InChI is InChI=1S/C13H15N3O2/c1-10(8-12-6-4-3-5-7-12)16-9-13(18-15-16)14-11(2)17/h3-7,9-10H,8H2,1-2H3. The predicted octanol–water partition coefficient (Wildman–Crippen LogP) is 1.18. The van der Waals surface area contributed by atoms with Crippen molar-refractivity contribution in [3.63, 3.8) is 0 Å². The summed E-state index contributed by atoms with van der Waals surface area (Å²) in [4.78, 5) is 3.68. The molecule has 5 nitrogen and oxygen atoms in total. The molecule has 1 unspecified atom stereocenters. The molecule has 0 aliphatic rings. The fourth-order valence-corrected chi connectivity index (χ4v) is 1.71. The summed E-state index contributed by atoms with van der Waals surface area (Å²) in [7, 11) is 0. The molecule has 5 heteroatoms. The summed E-state index contributed by atoms with van der Waals surface area (Å²) in [5.41, 5.74) is 1.23. The van der Waals surface area contributed by atoms with E-state index in [4.69, 9.17) is 4.52 Å². The van der Waals surface area contributed by atoms with Crippen LogP contribution in [0.4, 0.5) is 5.88 Å². The first-order valence-electron chi connectivity index (χ1n) is 5.79.